The summed E-state index contributed by atoms with van der Waals surface area (Å²) in [5.41, 5.74) is 1.01. The Kier molecular flexibility index (Phi) is 7.28. The minimum Gasteiger partial charge on any atom is -0.479 e. The van der Waals surface area contributed by atoms with E-state index in [1.165, 1.54) is 7.11 Å². The van der Waals surface area contributed by atoms with Crippen molar-refractivity contribution < 1.29 is 14.6 Å². The summed E-state index contributed by atoms with van der Waals surface area (Å²) in [7, 11) is 1.41. The van der Waals surface area contributed by atoms with Crippen LogP contribution >= 0.6 is 0 Å². The van der Waals surface area contributed by atoms with Gasteiger partial charge in [-0.3, -0.25) is 0 Å². The molecule has 0 aliphatic heterocycles. The van der Waals surface area contributed by atoms with Crippen LogP contribution in [0.25, 0.3) is 0 Å². The van der Waals surface area contributed by atoms with E-state index in [1.807, 2.05) is 25.2 Å². The van der Waals surface area contributed by atoms with Gasteiger partial charge in [-0.15, -0.1) is 0 Å². The third-order valence-electron chi connectivity index (χ3n) is 1.94. The highest BCUT2D eigenvalue weighted by molar-refractivity contribution is 5.72. The maximum atomic E-state index is 10.7. The van der Waals surface area contributed by atoms with Crippen molar-refractivity contribution >= 4 is 5.97 Å². The number of carboxylic acids is 1. The first-order valence-electron chi connectivity index (χ1n) is 4.80. The van der Waals surface area contributed by atoms with Crippen LogP contribution in [-0.4, -0.2) is 24.3 Å². The Morgan fingerprint density at radius 1 is 1.60 bits per heavy atom. The zero-order valence-electron chi connectivity index (χ0n) is 9.27. The predicted octanol–water partition coefficient (Wildman–Crippen LogP) is 2.55. The highest BCUT2D eigenvalue weighted by Gasteiger charge is 2.15. The molecular formula is C12H18O3. The highest BCUT2D eigenvalue weighted by atomic mass is 16.5. The largest absolute Gasteiger partial charge is 0.479 e. The van der Waals surface area contributed by atoms with E-state index in [9.17, 15) is 4.79 Å². The molecule has 0 aliphatic rings. The van der Waals surface area contributed by atoms with Gasteiger partial charge in [-0.05, 0) is 13.3 Å². The number of carboxylic acid groups (broad SMARTS) is 1. The molecule has 0 aromatic rings. The van der Waals surface area contributed by atoms with Crippen LogP contribution in [-0.2, 0) is 9.53 Å². The highest BCUT2D eigenvalue weighted by Crippen LogP contribution is 2.08. The van der Waals surface area contributed by atoms with Gasteiger partial charge in [0.05, 0.1) is 0 Å². The summed E-state index contributed by atoms with van der Waals surface area (Å²) in [4.78, 5) is 10.7. The number of hydrogen-bond acceptors (Lipinski definition) is 2. The standard InChI is InChI=1S/C12H18O3/c1-4-5-6-7-8-10(2)9-11(15-3)12(13)14/h4-6,8,11H,1,7,9H2,2-3H3,(H,13,14)/b6-5-,10-8+/t11-/m0/s1. The van der Waals surface area contributed by atoms with E-state index >= 15 is 0 Å². The normalized spacial score (nSPS) is 14.1. The van der Waals surface area contributed by atoms with E-state index in [4.69, 9.17) is 9.84 Å². The summed E-state index contributed by atoms with van der Waals surface area (Å²) in [5.74, 6) is -0.924. The molecule has 84 valence electrons. The topological polar surface area (TPSA) is 46.5 Å². The average Bonchev–Trinajstić information content (AvgIpc) is 2.20. The van der Waals surface area contributed by atoms with Gasteiger partial charge in [0, 0.05) is 13.5 Å². The van der Waals surface area contributed by atoms with E-state index in [0.717, 1.165) is 12.0 Å². The minimum atomic E-state index is -0.924. The fourth-order valence-corrected chi connectivity index (χ4v) is 1.09. The molecule has 0 saturated heterocycles. The van der Waals surface area contributed by atoms with Crippen molar-refractivity contribution in [1.29, 1.82) is 0 Å². The van der Waals surface area contributed by atoms with Crippen LogP contribution in [0, 0.1) is 0 Å². The molecule has 0 heterocycles. The summed E-state index contributed by atoms with van der Waals surface area (Å²) in [5, 5.41) is 8.75. The molecule has 0 aromatic carbocycles. The maximum Gasteiger partial charge on any atom is 0.333 e. The van der Waals surface area contributed by atoms with Crippen molar-refractivity contribution in [2.45, 2.75) is 25.9 Å². The molecule has 0 saturated carbocycles. The third-order valence-corrected chi connectivity index (χ3v) is 1.94. The Hall–Kier alpha value is -1.35. The molecule has 0 radical (unpaired) electrons. The Bertz CT molecular complexity index is 264. The summed E-state index contributed by atoms with van der Waals surface area (Å²) in [6.07, 6.45) is 7.97. The lowest BCUT2D eigenvalue weighted by atomic mass is 10.1. The van der Waals surface area contributed by atoms with Crippen molar-refractivity contribution in [3.8, 4) is 0 Å². The number of methoxy groups -OCH3 is 1. The van der Waals surface area contributed by atoms with Gasteiger partial charge >= 0.3 is 5.97 Å². The van der Waals surface area contributed by atoms with Crippen LogP contribution in [0.4, 0.5) is 0 Å². The van der Waals surface area contributed by atoms with Crippen molar-refractivity contribution in [2.75, 3.05) is 7.11 Å². The lowest BCUT2D eigenvalue weighted by Crippen LogP contribution is -2.22. The zero-order chi connectivity index (χ0) is 11.7. The second kappa shape index (κ2) is 8.00. The molecule has 1 N–H and O–H groups in total. The van der Waals surface area contributed by atoms with Gasteiger partial charge in [0.2, 0.25) is 0 Å². The van der Waals surface area contributed by atoms with Crippen molar-refractivity contribution in [2.24, 2.45) is 0 Å². The SMILES string of the molecule is C=C/C=C\C/C=C(\C)C[C@H](OC)C(=O)O. The van der Waals surface area contributed by atoms with Crippen LogP contribution in [0.5, 0.6) is 0 Å². The zero-order valence-corrected chi connectivity index (χ0v) is 9.27. The molecule has 1 atom stereocenters. The summed E-state index contributed by atoms with van der Waals surface area (Å²) in [6.45, 7) is 5.46. The van der Waals surface area contributed by atoms with Gasteiger partial charge in [-0.25, -0.2) is 4.79 Å². The van der Waals surface area contributed by atoms with Crippen LogP contribution < -0.4 is 0 Å². The first kappa shape index (κ1) is 13.7. The maximum absolute atomic E-state index is 10.7. The molecule has 0 bridgehead atoms. The fraction of sp³-hybridized carbons (Fsp3) is 0.417. The second-order valence-corrected chi connectivity index (χ2v) is 3.22. The monoisotopic (exact) mass is 210 g/mol. The first-order valence-corrected chi connectivity index (χ1v) is 4.80. The molecular weight excluding hydrogens is 192 g/mol. The predicted molar refractivity (Wildman–Crippen MR) is 60.8 cm³/mol. The molecule has 0 unspecified atom stereocenters. The molecule has 15 heavy (non-hydrogen) atoms. The molecule has 3 nitrogen and oxygen atoms in total. The van der Waals surface area contributed by atoms with E-state index in [2.05, 4.69) is 6.58 Å². The number of carbonyl (C=O) groups is 1. The minimum absolute atomic E-state index is 0.424. The summed E-state index contributed by atoms with van der Waals surface area (Å²) < 4.78 is 4.84. The fourth-order valence-electron chi connectivity index (χ4n) is 1.09. The average molecular weight is 210 g/mol. The van der Waals surface area contributed by atoms with Crippen LogP contribution in [0.1, 0.15) is 19.8 Å². The van der Waals surface area contributed by atoms with Gasteiger partial charge in [-0.2, -0.15) is 0 Å². The van der Waals surface area contributed by atoms with Gasteiger partial charge in [0.15, 0.2) is 6.10 Å². The van der Waals surface area contributed by atoms with Crippen LogP contribution in [0.15, 0.2) is 36.5 Å². The molecule has 0 amide bonds. The van der Waals surface area contributed by atoms with Gasteiger partial charge < -0.3 is 9.84 Å². The van der Waals surface area contributed by atoms with Crippen LogP contribution in [0.3, 0.4) is 0 Å². The van der Waals surface area contributed by atoms with Gasteiger partial charge in [0.25, 0.3) is 0 Å². The van der Waals surface area contributed by atoms with Crippen LogP contribution in [0.2, 0.25) is 0 Å². The molecule has 0 fully saturated rings. The molecule has 3 heteroatoms. The smallest absolute Gasteiger partial charge is 0.333 e. The Morgan fingerprint density at radius 2 is 2.27 bits per heavy atom. The van der Waals surface area contributed by atoms with Crippen molar-refractivity contribution in [1.82, 2.24) is 0 Å². The summed E-state index contributed by atoms with van der Waals surface area (Å²) >= 11 is 0. The number of hydrogen-bond donors (Lipinski definition) is 1. The molecule has 0 spiro atoms. The lowest BCUT2D eigenvalue weighted by molar-refractivity contribution is -0.148. The van der Waals surface area contributed by atoms with E-state index in [0.29, 0.717) is 6.42 Å². The number of allylic oxidation sites excluding steroid dienone is 4. The van der Waals surface area contributed by atoms with Gasteiger partial charge in [0.1, 0.15) is 0 Å². The Labute approximate surface area is 90.8 Å². The molecule has 0 rings (SSSR count). The number of aliphatic carboxylic acids is 1. The quantitative estimate of drug-likeness (QED) is 0.519. The molecule has 0 aliphatic carbocycles. The third kappa shape index (κ3) is 6.69. The number of ether oxygens (including phenoxy) is 1. The van der Waals surface area contributed by atoms with E-state index in [1.54, 1.807) is 6.08 Å². The summed E-state index contributed by atoms with van der Waals surface area (Å²) in [6, 6.07) is 0. The Balaban J connectivity index is 4.09. The van der Waals surface area contributed by atoms with Gasteiger partial charge in [-0.1, -0.05) is 36.5 Å². The van der Waals surface area contributed by atoms with E-state index in [-0.39, 0.29) is 0 Å². The lowest BCUT2D eigenvalue weighted by Gasteiger charge is -2.09. The van der Waals surface area contributed by atoms with E-state index < -0.39 is 12.1 Å². The first-order chi connectivity index (χ1) is 7.11. The Morgan fingerprint density at radius 3 is 2.73 bits per heavy atom. The second-order valence-electron chi connectivity index (χ2n) is 3.22. The molecule has 0 aromatic heterocycles. The van der Waals surface area contributed by atoms with Crippen molar-refractivity contribution in [3.63, 3.8) is 0 Å². The van der Waals surface area contributed by atoms with Crippen molar-refractivity contribution in [3.05, 3.63) is 36.5 Å². The number of rotatable bonds is 7.